The normalized spacial score (nSPS) is 30.4. The molecule has 1 saturated carbocycles. The number of alkyl halides is 2. The van der Waals surface area contributed by atoms with Crippen molar-refractivity contribution >= 4 is 0 Å². The average molecular weight is 207 g/mol. The summed E-state index contributed by atoms with van der Waals surface area (Å²) in [4.78, 5) is 0. The maximum atomic E-state index is 12.0. The average Bonchev–Trinajstić information content (AvgIpc) is 2.09. The van der Waals surface area contributed by atoms with Gasteiger partial charge in [0, 0.05) is 18.1 Å². The van der Waals surface area contributed by atoms with Gasteiger partial charge in [-0.05, 0) is 13.3 Å². The highest BCUT2D eigenvalue weighted by Crippen LogP contribution is 2.42. The standard InChI is InChI=1S/C10H19F2NO/c1-4-14-8-5-7(10(8,2)3)13-6-9(11)12/h7-9,13H,4-6H2,1-3H3. The van der Waals surface area contributed by atoms with E-state index in [0.717, 1.165) is 6.42 Å². The van der Waals surface area contributed by atoms with Gasteiger partial charge in [-0.2, -0.15) is 0 Å². The van der Waals surface area contributed by atoms with Crippen LogP contribution in [-0.2, 0) is 4.74 Å². The van der Waals surface area contributed by atoms with Gasteiger partial charge in [-0.25, -0.2) is 8.78 Å². The van der Waals surface area contributed by atoms with Crippen LogP contribution in [0.3, 0.4) is 0 Å². The summed E-state index contributed by atoms with van der Waals surface area (Å²) in [7, 11) is 0. The van der Waals surface area contributed by atoms with Crippen LogP contribution in [0.4, 0.5) is 8.78 Å². The minimum atomic E-state index is -2.27. The topological polar surface area (TPSA) is 21.3 Å². The first-order valence-corrected chi connectivity index (χ1v) is 5.11. The molecular formula is C10H19F2NO. The number of halogens is 2. The van der Waals surface area contributed by atoms with Crippen molar-refractivity contribution < 1.29 is 13.5 Å². The van der Waals surface area contributed by atoms with E-state index in [4.69, 9.17) is 4.74 Å². The third kappa shape index (κ3) is 2.42. The largest absolute Gasteiger partial charge is 0.378 e. The molecule has 0 heterocycles. The molecule has 0 amide bonds. The van der Waals surface area contributed by atoms with Gasteiger partial charge < -0.3 is 10.1 Å². The Kier molecular flexibility index (Phi) is 3.84. The molecule has 1 aliphatic rings. The zero-order valence-electron chi connectivity index (χ0n) is 9.02. The van der Waals surface area contributed by atoms with E-state index in [-0.39, 0.29) is 24.1 Å². The molecule has 0 bridgehead atoms. The van der Waals surface area contributed by atoms with E-state index in [9.17, 15) is 8.78 Å². The van der Waals surface area contributed by atoms with Crippen molar-refractivity contribution in [3.05, 3.63) is 0 Å². The van der Waals surface area contributed by atoms with Crippen LogP contribution in [0.5, 0.6) is 0 Å². The van der Waals surface area contributed by atoms with Crippen LogP contribution in [0.25, 0.3) is 0 Å². The Morgan fingerprint density at radius 2 is 2.14 bits per heavy atom. The van der Waals surface area contributed by atoms with E-state index in [1.54, 1.807) is 0 Å². The quantitative estimate of drug-likeness (QED) is 0.745. The van der Waals surface area contributed by atoms with Crippen molar-refractivity contribution in [2.75, 3.05) is 13.2 Å². The minimum Gasteiger partial charge on any atom is -0.378 e. The van der Waals surface area contributed by atoms with Crippen molar-refractivity contribution in [3.63, 3.8) is 0 Å². The Hall–Kier alpha value is -0.220. The van der Waals surface area contributed by atoms with E-state index in [1.165, 1.54) is 0 Å². The number of hydrogen-bond donors (Lipinski definition) is 1. The van der Waals surface area contributed by atoms with Crippen LogP contribution in [-0.4, -0.2) is 31.7 Å². The number of hydrogen-bond acceptors (Lipinski definition) is 2. The monoisotopic (exact) mass is 207 g/mol. The molecule has 0 spiro atoms. The van der Waals surface area contributed by atoms with Crippen molar-refractivity contribution in [1.29, 1.82) is 0 Å². The molecule has 1 aliphatic carbocycles. The molecule has 2 unspecified atom stereocenters. The third-order valence-corrected chi connectivity index (χ3v) is 3.06. The van der Waals surface area contributed by atoms with Gasteiger partial charge >= 0.3 is 0 Å². The highest BCUT2D eigenvalue weighted by Gasteiger charge is 2.48. The van der Waals surface area contributed by atoms with Gasteiger partial charge in [-0.15, -0.1) is 0 Å². The maximum Gasteiger partial charge on any atom is 0.250 e. The Bertz CT molecular complexity index is 185. The van der Waals surface area contributed by atoms with Gasteiger partial charge in [0.25, 0.3) is 6.43 Å². The predicted octanol–water partition coefficient (Wildman–Crippen LogP) is 2.04. The smallest absolute Gasteiger partial charge is 0.250 e. The first-order chi connectivity index (χ1) is 6.48. The second-order valence-electron chi connectivity index (χ2n) is 4.35. The fourth-order valence-electron chi connectivity index (χ4n) is 1.95. The Labute approximate surface area is 84.0 Å². The molecule has 2 nitrogen and oxygen atoms in total. The SMILES string of the molecule is CCOC1CC(NCC(F)F)C1(C)C. The maximum absolute atomic E-state index is 12.0. The zero-order valence-corrected chi connectivity index (χ0v) is 9.02. The van der Waals surface area contributed by atoms with E-state index < -0.39 is 6.43 Å². The van der Waals surface area contributed by atoms with Crippen LogP contribution in [0.2, 0.25) is 0 Å². The lowest BCUT2D eigenvalue weighted by atomic mass is 9.64. The van der Waals surface area contributed by atoms with Crippen LogP contribution in [0.1, 0.15) is 27.2 Å². The fraction of sp³-hybridized carbons (Fsp3) is 1.00. The van der Waals surface area contributed by atoms with Crippen LogP contribution in [0.15, 0.2) is 0 Å². The molecule has 2 atom stereocenters. The Morgan fingerprint density at radius 1 is 1.50 bits per heavy atom. The van der Waals surface area contributed by atoms with Crippen molar-refractivity contribution in [2.45, 2.75) is 45.8 Å². The highest BCUT2D eigenvalue weighted by molar-refractivity contribution is 5.02. The second-order valence-corrected chi connectivity index (χ2v) is 4.35. The molecule has 4 heteroatoms. The molecule has 1 N–H and O–H groups in total. The van der Waals surface area contributed by atoms with Gasteiger partial charge in [0.1, 0.15) is 0 Å². The summed E-state index contributed by atoms with van der Waals surface area (Å²) >= 11 is 0. The molecule has 1 rings (SSSR count). The highest BCUT2D eigenvalue weighted by atomic mass is 19.3. The van der Waals surface area contributed by atoms with Crippen LogP contribution >= 0.6 is 0 Å². The molecule has 0 aromatic carbocycles. The number of ether oxygens (including phenoxy) is 1. The summed E-state index contributed by atoms with van der Waals surface area (Å²) in [6.07, 6.45) is -1.22. The molecule has 1 fully saturated rings. The van der Waals surface area contributed by atoms with E-state index in [2.05, 4.69) is 19.2 Å². The third-order valence-electron chi connectivity index (χ3n) is 3.06. The Balaban J connectivity index is 2.31. The lowest BCUT2D eigenvalue weighted by Gasteiger charge is -2.51. The minimum absolute atomic E-state index is 0.0229. The number of rotatable bonds is 5. The zero-order chi connectivity index (χ0) is 10.8. The summed E-state index contributed by atoms with van der Waals surface area (Å²) in [5.74, 6) is 0. The van der Waals surface area contributed by atoms with Gasteiger partial charge in [0.2, 0.25) is 0 Å². The van der Waals surface area contributed by atoms with E-state index in [1.807, 2.05) is 6.92 Å². The lowest BCUT2D eigenvalue weighted by Crippen LogP contribution is -2.61. The summed E-state index contributed by atoms with van der Waals surface area (Å²) in [6, 6.07) is 0.160. The first-order valence-electron chi connectivity index (χ1n) is 5.11. The van der Waals surface area contributed by atoms with Gasteiger partial charge in [0.05, 0.1) is 12.6 Å². The molecular weight excluding hydrogens is 188 g/mol. The van der Waals surface area contributed by atoms with Crippen LogP contribution in [0, 0.1) is 5.41 Å². The Morgan fingerprint density at radius 3 is 2.57 bits per heavy atom. The van der Waals surface area contributed by atoms with Crippen LogP contribution < -0.4 is 5.32 Å². The second kappa shape index (κ2) is 4.53. The van der Waals surface area contributed by atoms with Crippen molar-refractivity contribution in [2.24, 2.45) is 5.41 Å². The first kappa shape index (κ1) is 11.9. The summed E-state index contributed by atoms with van der Waals surface area (Å²) in [6.45, 7) is 6.54. The molecule has 0 aromatic heterocycles. The summed E-state index contributed by atoms with van der Waals surface area (Å²) in [5.41, 5.74) is -0.0229. The number of nitrogens with one attached hydrogen (secondary N) is 1. The van der Waals surface area contributed by atoms with Crippen molar-refractivity contribution in [1.82, 2.24) is 5.32 Å². The molecule has 0 radical (unpaired) electrons. The summed E-state index contributed by atoms with van der Waals surface area (Å²) in [5, 5.41) is 2.87. The molecule has 0 saturated heterocycles. The molecule has 84 valence electrons. The van der Waals surface area contributed by atoms with Crippen molar-refractivity contribution in [3.8, 4) is 0 Å². The van der Waals surface area contributed by atoms with E-state index >= 15 is 0 Å². The van der Waals surface area contributed by atoms with Gasteiger partial charge in [-0.1, -0.05) is 13.8 Å². The van der Waals surface area contributed by atoms with Gasteiger partial charge in [-0.3, -0.25) is 0 Å². The van der Waals surface area contributed by atoms with Gasteiger partial charge in [0.15, 0.2) is 0 Å². The van der Waals surface area contributed by atoms with E-state index in [0.29, 0.717) is 6.61 Å². The lowest BCUT2D eigenvalue weighted by molar-refractivity contribution is -0.116. The molecule has 0 aromatic rings. The summed E-state index contributed by atoms with van der Waals surface area (Å²) < 4.78 is 29.4. The molecule has 14 heavy (non-hydrogen) atoms. The molecule has 0 aliphatic heterocycles. The predicted molar refractivity (Wildman–Crippen MR) is 51.6 cm³/mol. The fourth-order valence-corrected chi connectivity index (χ4v) is 1.95.